The molecule has 0 N–H and O–H groups in total. The Morgan fingerprint density at radius 3 is 1.26 bits per heavy atom. The average molecular weight is 857 g/mol. The second-order valence-corrected chi connectivity index (χ2v) is 21.0. The Morgan fingerprint density at radius 1 is 0.379 bits per heavy atom. The molecule has 0 saturated heterocycles. The molecule has 0 radical (unpaired) electrons. The fourth-order valence-electron chi connectivity index (χ4n) is 11.0. The molecule has 0 aromatic heterocycles. The van der Waals surface area contributed by atoms with Crippen LogP contribution >= 0.6 is 0 Å². The highest BCUT2D eigenvalue weighted by Crippen LogP contribution is 2.47. The minimum Gasteiger partial charge on any atom is -0.311 e. The van der Waals surface area contributed by atoms with Crippen molar-refractivity contribution in [1.82, 2.24) is 0 Å². The monoisotopic (exact) mass is 856 g/mol. The molecule has 2 aliphatic heterocycles. The van der Waals surface area contributed by atoms with E-state index in [4.69, 9.17) is 0 Å². The van der Waals surface area contributed by atoms with Crippen LogP contribution in [-0.2, 0) is 16.2 Å². The summed E-state index contributed by atoms with van der Waals surface area (Å²) in [6.07, 6.45) is 3.22. The van der Waals surface area contributed by atoms with Gasteiger partial charge < -0.3 is 9.80 Å². The van der Waals surface area contributed by atoms with E-state index in [9.17, 15) is 0 Å². The van der Waals surface area contributed by atoms with Gasteiger partial charge in [-0.3, -0.25) is 0 Å². The van der Waals surface area contributed by atoms with Gasteiger partial charge in [-0.2, -0.15) is 0 Å². The van der Waals surface area contributed by atoms with Crippen molar-refractivity contribution in [2.75, 3.05) is 9.80 Å². The van der Waals surface area contributed by atoms with Gasteiger partial charge in [-0.1, -0.05) is 184 Å². The van der Waals surface area contributed by atoms with E-state index in [1.54, 1.807) is 0 Å². The molecule has 0 spiro atoms. The van der Waals surface area contributed by atoms with Crippen LogP contribution in [0, 0.1) is 0 Å². The number of hydrogen-bond donors (Lipinski definition) is 0. The fraction of sp³-hybridized carbons (Fsp3) is 0.238. The Balaban J connectivity index is 1.13. The molecular weight excluding hydrogens is 796 g/mol. The Labute approximate surface area is 393 Å². The smallest absolute Gasteiger partial charge is 0.252 e. The van der Waals surface area contributed by atoms with E-state index < -0.39 is 0 Å². The molecule has 2 aliphatic rings. The topological polar surface area (TPSA) is 6.48 Å². The van der Waals surface area contributed by atoms with Gasteiger partial charge in [0.15, 0.2) is 0 Å². The third kappa shape index (κ3) is 6.45. The molecule has 0 atom stereocenters. The molecule has 66 heavy (non-hydrogen) atoms. The van der Waals surface area contributed by atoms with E-state index in [0.29, 0.717) is 0 Å². The first-order valence-electron chi connectivity index (χ1n) is 24.4. The third-order valence-corrected chi connectivity index (χ3v) is 16.3. The number of nitrogens with zero attached hydrogens (tertiary/aromatic N) is 2. The zero-order valence-electron chi connectivity index (χ0n) is 40.3. The van der Waals surface area contributed by atoms with Crippen molar-refractivity contribution in [3.63, 3.8) is 0 Å². The lowest BCUT2D eigenvalue weighted by Gasteiger charge is -2.45. The van der Waals surface area contributed by atoms with Crippen LogP contribution in [0.1, 0.15) is 98.3 Å². The second-order valence-electron chi connectivity index (χ2n) is 21.0. The predicted octanol–water partition coefficient (Wildman–Crippen LogP) is 16.0. The summed E-state index contributed by atoms with van der Waals surface area (Å²) < 4.78 is 0. The van der Waals surface area contributed by atoms with E-state index in [-0.39, 0.29) is 23.0 Å². The summed E-state index contributed by atoms with van der Waals surface area (Å²) in [5.41, 5.74) is 18.3. The maximum Gasteiger partial charge on any atom is 0.252 e. The molecule has 0 saturated carbocycles. The van der Waals surface area contributed by atoms with E-state index >= 15 is 0 Å². The van der Waals surface area contributed by atoms with Crippen molar-refractivity contribution < 1.29 is 0 Å². The van der Waals surface area contributed by atoms with Gasteiger partial charge >= 0.3 is 0 Å². The van der Waals surface area contributed by atoms with Crippen LogP contribution in [0.3, 0.4) is 0 Å². The van der Waals surface area contributed by atoms with Crippen molar-refractivity contribution in [3.05, 3.63) is 187 Å². The highest BCUT2D eigenvalue weighted by molar-refractivity contribution is 7.00. The van der Waals surface area contributed by atoms with Gasteiger partial charge in [-0.05, 0) is 161 Å². The zero-order valence-corrected chi connectivity index (χ0v) is 40.3. The molecule has 3 heteroatoms. The van der Waals surface area contributed by atoms with Gasteiger partial charge in [0.05, 0.1) is 0 Å². The standard InChI is InChI=1S/C63H61BN2/c1-10-61(4,5)42-29-35-46(36-30-42)66-56-38-32-44(63(8,9)12-3)40-54(56)64-53-39-43(62(6,7)11-2)31-37-55(53)65(57-25-18-26-58(66)60(57)64)45-33-27-41(28-34-45)47-23-17-24-52-50-20-14-13-19-48(50)49-21-15-16-22-51(49)59(47)52/h13-40H,10-12H2,1-9H3. The lowest BCUT2D eigenvalue weighted by atomic mass is 9.33. The lowest BCUT2D eigenvalue weighted by molar-refractivity contribution is 0.506. The van der Waals surface area contributed by atoms with Crippen molar-refractivity contribution in [1.29, 1.82) is 0 Å². The van der Waals surface area contributed by atoms with Crippen LogP contribution in [0.25, 0.3) is 43.4 Å². The zero-order chi connectivity index (χ0) is 45.7. The van der Waals surface area contributed by atoms with Gasteiger partial charge in [-0.15, -0.1) is 0 Å². The second kappa shape index (κ2) is 15.5. The number of benzene rings is 9. The molecule has 0 bridgehead atoms. The van der Waals surface area contributed by atoms with E-state index in [1.165, 1.54) is 105 Å². The van der Waals surface area contributed by atoms with Crippen LogP contribution in [0.15, 0.2) is 170 Å². The van der Waals surface area contributed by atoms with Gasteiger partial charge in [0, 0.05) is 34.1 Å². The molecule has 11 rings (SSSR count). The molecule has 0 amide bonds. The van der Waals surface area contributed by atoms with Gasteiger partial charge in [-0.25, -0.2) is 0 Å². The van der Waals surface area contributed by atoms with Gasteiger partial charge in [0.25, 0.3) is 6.71 Å². The highest BCUT2D eigenvalue weighted by atomic mass is 15.2. The molecule has 0 fully saturated rings. The Hall–Kier alpha value is -6.58. The quantitative estimate of drug-likeness (QED) is 0.105. The summed E-state index contributed by atoms with van der Waals surface area (Å²) in [4.78, 5) is 5.11. The summed E-state index contributed by atoms with van der Waals surface area (Å²) in [6.45, 7) is 21.3. The molecule has 2 nitrogen and oxygen atoms in total. The first-order valence-corrected chi connectivity index (χ1v) is 24.4. The normalized spacial score (nSPS) is 13.6. The Kier molecular flexibility index (Phi) is 9.90. The summed E-state index contributed by atoms with van der Waals surface area (Å²) in [6, 6.07) is 65.2. The number of rotatable bonds is 9. The van der Waals surface area contributed by atoms with Gasteiger partial charge in [0.1, 0.15) is 0 Å². The molecule has 0 unspecified atom stereocenters. The molecular formula is C63H61BN2. The Bertz CT molecular complexity index is 3310. The van der Waals surface area contributed by atoms with Crippen LogP contribution < -0.4 is 26.2 Å². The first-order chi connectivity index (χ1) is 31.8. The molecule has 0 aliphatic carbocycles. The maximum absolute atomic E-state index is 2.56. The summed E-state index contributed by atoms with van der Waals surface area (Å²) in [5, 5.41) is 7.79. The summed E-state index contributed by atoms with van der Waals surface area (Å²) in [5.74, 6) is 0. The van der Waals surface area contributed by atoms with Crippen LogP contribution in [0.4, 0.5) is 34.1 Å². The molecule has 9 aromatic rings. The average Bonchev–Trinajstić information content (AvgIpc) is 3.36. The molecule has 326 valence electrons. The first kappa shape index (κ1) is 42.1. The highest BCUT2D eigenvalue weighted by Gasteiger charge is 2.44. The number of anilines is 6. The Morgan fingerprint density at radius 2 is 0.773 bits per heavy atom. The maximum atomic E-state index is 2.56. The predicted molar refractivity (Wildman–Crippen MR) is 288 cm³/mol. The van der Waals surface area contributed by atoms with Gasteiger partial charge in [0.2, 0.25) is 0 Å². The summed E-state index contributed by atoms with van der Waals surface area (Å²) in [7, 11) is 0. The van der Waals surface area contributed by atoms with Crippen LogP contribution in [-0.4, -0.2) is 6.71 Å². The van der Waals surface area contributed by atoms with Crippen molar-refractivity contribution in [3.8, 4) is 11.1 Å². The van der Waals surface area contributed by atoms with Crippen LogP contribution in [0.2, 0.25) is 0 Å². The largest absolute Gasteiger partial charge is 0.311 e. The fourth-order valence-corrected chi connectivity index (χ4v) is 11.0. The van der Waals surface area contributed by atoms with E-state index in [2.05, 4.69) is 242 Å². The minimum atomic E-state index is 0.0266. The SMILES string of the molecule is CCC(C)(C)c1ccc(N2c3ccc(C(C)(C)CC)cc3B3c4cc(C(C)(C)CC)ccc4N(c4ccc(-c5cccc6c7ccccc7c7ccccc7c56)cc4)c4cccc2c43)cc1. The summed E-state index contributed by atoms with van der Waals surface area (Å²) >= 11 is 0. The molecule has 2 heterocycles. The molecule has 9 aromatic carbocycles. The van der Waals surface area contributed by atoms with Crippen molar-refractivity contribution in [2.45, 2.75) is 97.8 Å². The van der Waals surface area contributed by atoms with Crippen molar-refractivity contribution in [2.24, 2.45) is 0 Å². The third-order valence-electron chi connectivity index (χ3n) is 16.3. The van der Waals surface area contributed by atoms with Crippen molar-refractivity contribution >= 4 is 89.5 Å². The van der Waals surface area contributed by atoms with E-state index in [0.717, 1.165) is 24.9 Å². The van der Waals surface area contributed by atoms with Crippen LogP contribution in [0.5, 0.6) is 0 Å². The van der Waals surface area contributed by atoms with E-state index in [1.807, 2.05) is 0 Å². The lowest BCUT2D eigenvalue weighted by Crippen LogP contribution is -2.61. The number of hydrogen-bond acceptors (Lipinski definition) is 2. The minimum absolute atomic E-state index is 0.0266. The number of fused-ring (bicyclic) bond motifs is 10.